The lowest BCUT2D eigenvalue weighted by Crippen LogP contribution is -2.32. The summed E-state index contributed by atoms with van der Waals surface area (Å²) in [6, 6.07) is 17.3. The van der Waals surface area contributed by atoms with Crippen molar-refractivity contribution in [3.63, 3.8) is 0 Å². The predicted octanol–water partition coefficient (Wildman–Crippen LogP) is 4.06. The van der Waals surface area contributed by atoms with Crippen LogP contribution in [0.4, 0.5) is 21.5 Å². The second-order valence-corrected chi connectivity index (χ2v) is 7.15. The molecule has 0 radical (unpaired) electrons. The first-order chi connectivity index (χ1) is 15.3. The SMILES string of the molecule is Nc1ccc(OC(=O)c2ccc(NC3=C(Cl)C(=O)N(c4ccc(F)cc4)C3=O)cc2)cc1. The van der Waals surface area contributed by atoms with E-state index < -0.39 is 23.6 Å². The highest BCUT2D eigenvalue weighted by molar-refractivity contribution is 6.53. The molecular weight excluding hydrogens is 437 g/mol. The van der Waals surface area contributed by atoms with Gasteiger partial charge in [-0.2, -0.15) is 0 Å². The highest BCUT2D eigenvalue weighted by atomic mass is 35.5. The number of esters is 1. The molecule has 9 heteroatoms. The van der Waals surface area contributed by atoms with Crippen molar-refractivity contribution in [1.82, 2.24) is 0 Å². The summed E-state index contributed by atoms with van der Waals surface area (Å²) in [4.78, 5) is 38.3. The van der Waals surface area contributed by atoms with Gasteiger partial charge >= 0.3 is 5.97 Å². The van der Waals surface area contributed by atoms with Gasteiger partial charge in [-0.25, -0.2) is 14.1 Å². The first-order valence-corrected chi connectivity index (χ1v) is 9.70. The van der Waals surface area contributed by atoms with Gasteiger partial charge in [0.15, 0.2) is 0 Å². The van der Waals surface area contributed by atoms with Crippen LogP contribution in [0, 0.1) is 5.82 Å². The molecule has 1 aliphatic heterocycles. The number of carbonyl (C=O) groups excluding carboxylic acids is 3. The number of nitrogens with two attached hydrogens (primary N) is 1. The minimum absolute atomic E-state index is 0.127. The zero-order valence-corrected chi connectivity index (χ0v) is 17.1. The summed E-state index contributed by atoms with van der Waals surface area (Å²) in [5.74, 6) is -2.14. The molecule has 1 aliphatic rings. The van der Waals surface area contributed by atoms with Crippen LogP contribution in [0.2, 0.25) is 0 Å². The van der Waals surface area contributed by atoms with E-state index in [1.807, 2.05) is 0 Å². The number of hydrogen-bond donors (Lipinski definition) is 2. The zero-order chi connectivity index (χ0) is 22.8. The zero-order valence-electron chi connectivity index (χ0n) is 16.3. The second-order valence-electron chi connectivity index (χ2n) is 6.77. The number of rotatable bonds is 5. The number of carbonyl (C=O) groups is 3. The Hall–Kier alpha value is -4.17. The molecule has 32 heavy (non-hydrogen) atoms. The van der Waals surface area contributed by atoms with Crippen LogP contribution in [-0.2, 0) is 9.59 Å². The molecule has 0 atom stereocenters. The molecule has 7 nitrogen and oxygen atoms in total. The number of hydrogen-bond acceptors (Lipinski definition) is 6. The number of halogens is 2. The van der Waals surface area contributed by atoms with Crippen LogP contribution >= 0.6 is 11.6 Å². The number of ether oxygens (including phenoxy) is 1. The summed E-state index contributed by atoms with van der Waals surface area (Å²) in [6.07, 6.45) is 0. The van der Waals surface area contributed by atoms with Crippen molar-refractivity contribution in [3.05, 3.63) is 94.9 Å². The van der Waals surface area contributed by atoms with E-state index in [1.165, 1.54) is 36.4 Å². The van der Waals surface area contributed by atoms with Crippen LogP contribution in [0.25, 0.3) is 0 Å². The van der Waals surface area contributed by atoms with Crippen molar-refractivity contribution < 1.29 is 23.5 Å². The summed E-state index contributed by atoms with van der Waals surface area (Å²) in [5.41, 5.74) is 6.91. The van der Waals surface area contributed by atoms with Crippen molar-refractivity contribution in [3.8, 4) is 5.75 Å². The maximum absolute atomic E-state index is 13.2. The van der Waals surface area contributed by atoms with E-state index in [9.17, 15) is 18.8 Å². The minimum atomic E-state index is -0.727. The van der Waals surface area contributed by atoms with Gasteiger partial charge in [-0.1, -0.05) is 11.6 Å². The molecule has 0 bridgehead atoms. The van der Waals surface area contributed by atoms with E-state index in [1.54, 1.807) is 24.3 Å². The van der Waals surface area contributed by atoms with E-state index in [2.05, 4.69) is 5.32 Å². The Kier molecular flexibility index (Phi) is 5.61. The third-order valence-corrected chi connectivity index (χ3v) is 4.94. The number of nitrogens with zero attached hydrogens (tertiary/aromatic N) is 1. The van der Waals surface area contributed by atoms with Crippen LogP contribution in [-0.4, -0.2) is 17.8 Å². The molecule has 2 amide bonds. The number of nitrogens with one attached hydrogen (secondary N) is 1. The second kappa shape index (κ2) is 8.52. The van der Waals surface area contributed by atoms with Crippen molar-refractivity contribution >= 4 is 46.4 Å². The molecule has 0 saturated heterocycles. The average Bonchev–Trinajstić information content (AvgIpc) is 3.00. The van der Waals surface area contributed by atoms with Crippen LogP contribution in [0.15, 0.2) is 83.5 Å². The van der Waals surface area contributed by atoms with Crippen molar-refractivity contribution in [2.45, 2.75) is 0 Å². The monoisotopic (exact) mass is 451 g/mol. The van der Waals surface area contributed by atoms with Gasteiger partial charge in [0.1, 0.15) is 22.3 Å². The fourth-order valence-corrected chi connectivity index (χ4v) is 3.18. The standard InChI is InChI=1S/C23H15ClFN3O4/c24-19-20(22(30)28(21(19)29)17-9-3-14(25)4-10-17)27-16-7-1-13(2-8-16)23(31)32-18-11-5-15(26)6-12-18/h1-12,27H,26H2. The predicted molar refractivity (Wildman–Crippen MR) is 118 cm³/mol. The van der Waals surface area contributed by atoms with E-state index in [-0.39, 0.29) is 22.0 Å². The Morgan fingerprint density at radius 3 is 2.16 bits per heavy atom. The lowest BCUT2D eigenvalue weighted by molar-refractivity contribution is -0.120. The molecule has 0 spiro atoms. The Morgan fingerprint density at radius 2 is 1.53 bits per heavy atom. The molecule has 160 valence electrons. The average molecular weight is 452 g/mol. The third-order valence-electron chi connectivity index (χ3n) is 4.59. The number of benzene rings is 3. The van der Waals surface area contributed by atoms with E-state index in [0.717, 1.165) is 17.0 Å². The first-order valence-electron chi connectivity index (χ1n) is 9.32. The summed E-state index contributed by atoms with van der Waals surface area (Å²) < 4.78 is 18.4. The van der Waals surface area contributed by atoms with Crippen molar-refractivity contribution in [2.24, 2.45) is 0 Å². The van der Waals surface area contributed by atoms with E-state index in [0.29, 0.717) is 17.1 Å². The largest absolute Gasteiger partial charge is 0.423 e. The Balaban J connectivity index is 1.47. The van der Waals surface area contributed by atoms with Gasteiger partial charge in [0, 0.05) is 11.4 Å². The minimum Gasteiger partial charge on any atom is -0.423 e. The third kappa shape index (κ3) is 4.17. The van der Waals surface area contributed by atoms with Crippen molar-refractivity contribution in [1.29, 1.82) is 0 Å². The molecule has 0 fully saturated rings. The van der Waals surface area contributed by atoms with Crippen molar-refractivity contribution in [2.75, 3.05) is 16.0 Å². The van der Waals surface area contributed by atoms with Gasteiger partial charge in [0.25, 0.3) is 11.8 Å². The molecule has 0 unspecified atom stereocenters. The fourth-order valence-electron chi connectivity index (χ4n) is 2.97. The molecule has 3 aromatic rings. The Labute approximate surface area is 186 Å². The topological polar surface area (TPSA) is 102 Å². The van der Waals surface area contributed by atoms with Gasteiger partial charge in [-0.05, 0) is 72.8 Å². The lowest BCUT2D eigenvalue weighted by atomic mass is 10.2. The van der Waals surface area contributed by atoms with Crippen LogP contribution in [0.3, 0.4) is 0 Å². The molecule has 3 N–H and O–H groups in total. The maximum Gasteiger partial charge on any atom is 0.343 e. The van der Waals surface area contributed by atoms with Crippen LogP contribution in [0.1, 0.15) is 10.4 Å². The highest BCUT2D eigenvalue weighted by Crippen LogP contribution is 2.30. The van der Waals surface area contributed by atoms with Gasteiger partial charge in [0.2, 0.25) is 0 Å². The van der Waals surface area contributed by atoms with Gasteiger partial charge in [-0.15, -0.1) is 0 Å². The molecule has 0 saturated carbocycles. The highest BCUT2D eigenvalue weighted by Gasteiger charge is 2.38. The van der Waals surface area contributed by atoms with Gasteiger partial charge in [-0.3, -0.25) is 9.59 Å². The Bertz CT molecular complexity index is 1240. The quantitative estimate of drug-likeness (QED) is 0.262. The number of imide groups is 1. The molecule has 0 aromatic heterocycles. The molecule has 1 heterocycles. The van der Waals surface area contributed by atoms with Crippen LogP contribution in [0.5, 0.6) is 5.75 Å². The summed E-state index contributed by atoms with van der Waals surface area (Å²) in [6.45, 7) is 0. The fraction of sp³-hybridized carbons (Fsp3) is 0. The Morgan fingerprint density at radius 1 is 0.906 bits per heavy atom. The first kappa shape index (κ1) is 21.1. The summed E-state index contributed by atoms with van der Waals surface area (Å²) >= 11 is 6.08. The normalized spacial score (nSPS) is 13.5. The molecule has 3 aromatic carbocycles. The van der Waals surface area contributed by atoms with Gasteiger partial charge < -0.3 is 15.8 Å². The number of amides is 2. The van der Waals surface area contributed by atoms with E-state index >= 15 is 0 Å². The summed E-state index contributed by atoms with van der Waals surface area (Å²) in [7, 11) is 0. The van der Waals surface area contributed by atoms with Gasteiger partial charge in [0.05, 0.1) is 11.3 Å². The maximum atomic E-state index is 13.2. The molecular formula is C23H15ClFN3O4. The number of anilines is 3. The summed E-state index contributed by atoms with van der Waals surface area (Å²) in [5, 5.41) is 2.50. The smallest absolute Gasteiger partial charge is 0.343 e. The molecule has 0 aliphatic carbocycles. The molecule has 4 rings (SSSR count). The lowest BCUT2D eigenvalue weighted by Gasteiger charge is -2.15. The van der Waals surface area contributed by atoms with Crippen LogP contribution < -0.4 is 20.7 Å². The van der Waals surface area contributed by atoms with E-state index in [4.69, 9.17) is 22.1 Å². The number of nitrogen functional groups attached to an aromatic ring is 1.